The van der Waals surface area contributed by atoms with Crippen LogP contribution in [0, 0.1) is 0 Å². The smallest absolute Gasteiger partial charge is 0.0334 e. The summed E-state index contributed by atoms with van der Waals surface area (Å²) in [5.41, 5.74) is 6.25. The van der Waals surface area contributed by atoms with Gasteiger partial charge in [0.1, 0.15) is 0 Å². The van der Waals surface area contributed by atoms with Gasteiger partial charge in [0.05, 0.1) is 0 Å². The van der Waals surface area contributed by atoms with Crippen LogP contribution in [0.4, 0.5) is 0 Å². The number of hydrogen-bond acceptors (Lipinski definition) is 3. The van der Waals surface area contributed by atoms with Gasteiger partial charge in [-0.25, -0.2) is 0 Å². The van der Waals surface area contributed by atoms with Crippen LogP contribution in [0.5, 0.6) is 0 Å². The highest BCUT2D eigenvalue weighted by atomic mass is 32.2. The predicted molar refractivity (Wildman–Crippen MR) is 59.1 cm³/mol. The van der Waals surface area contributed by atoms with Crippen molar-refractivity contribution in [1.82, 2.24) is 4.90 Å². The maximum atomic E-state index is 5.84. The van der Waals surface area contributed by atoms with E-state index in [4.69, 9.17) is 5.73 Å². The lowest BCUT2D eigenvalue weighted by atomic mass is 10.1. The van der Waals surface area contributed by atoms with E-state index in [0.717, 1.165) is 6.54 Å². The molecule has 1 aliphatic carbocycles. The van der Waals surface area contributed by atoms with Gasteiger partial charge in [-0.3, -0.25) is 4.90 Å². The Morgan fingerprint density at radius 1 is 1.38 bits per heavy atom. The fourth-order valence-corrected chi connectivity index (χ4v) is 3.33. The fraction of sp³-hybridized carbons (Fsp3) is 1.00. The van der Waals surface area contributed by atoms with E-state index in [0.29, 0.717) is 10.3 Å². The van der Waals surface area contributed by atoms with Crippen molar-refractivity contribution >= 4 is 11.8 Å². The first-order valence-electron chi connectivity index (χ1n) is 5.17. The third-order valence-electron chi connectivity index (χ3n) is 3.30. The van der Waals surface area contributed by atoms with Gasteiger partial charge in [0.15, 0.2) is 0 Å². The van der Waals surface area contributed by atoms with Crippen molar-refractivity contribution in [3.63, 3.8) is 0 Å². The SMILES string of the molecule is CC1(C)CN(C2(CN)CC2)CCS1. The summed E-state index contributed by atoms with van der Waals surface area (Å²) >= 11 is 2.10. The van der Waals surface area contributed by atoms with E-state index >= 15 is 0 Å². The van der Waals surface area contributed by atoms with Gasteiger partial charge < -0.3 is 5.73 Å². The minimum absolute atomic E-state index is 0.415. The lowest BCUT2D eigenvalue weighted by molar-refractivity contribution is 0.173. The first kappa shape index (κ1) is 9.81. The van der Waals surface area contributed by atoms with E-state index in [1.54, 1.807) is 0 Å². The summed E-state index contributed by atoms with van der Waals surface area (Å²) in [7, 11) is 0. The van der Waals surface area contributed by atoms with Crippen molar-refractivity contribution in [3.8, 4) is 0 Å². The average molecular weight is 200 g/mol. The first-order valence-corrected chi connectivity index (χ1v) is 6.16. The molecular weight excluding hydrogens is 180 g/mol. The average Bonchev–Trinajstić information content (AvgIpc) is 2.82. The summed E-state index contributed by atoms with van der Waals surface area (Å²) in [6.45, 7) is 8.00. The van der Waals surface area contributed by atoms with Gasteiger partial charge in [-0.05, 0) is 26.7 Å². The second-order valence-corrected chi connectivity index (χ2v) is 6.76. The molecule has 1 saturated carbocycles. The Morgan fingerprint density at radius 3 is 2.54 bits per heavy atom. The largest absolute Gasteiger partial charge is 0.329 e. The molecule has 0 unspecified atom stereocenters. The summed E-state index contributed by atoms with van der Waals surface area (Å²) < 4.78 is 0.434. The van der Waals surface area contributed by atoms with Gasteiger partial charge in [-0.2, -0.15) is 11.8 Å². The Kier molecular flexibility index (Phi) is 2.37. The highest BCUT2D eigenvalue weighted by Gasteiger charge is 2.48. The van der Waals surface area contributed by atoms with Crippen molar-refractivity contribution in [2.75, 3.05) is 25.4 Å². The topological polar surface area (TPSA) is 29.3 Å². The maximum absolute atomic E-state index is 5.84. The zero-order valence-corrected chi connectivity index (χ0v) is 9.49. The van der Waals surface area contributed by atoms with Gasteiger partial charge in [0.25, 0.3) is 0 Å². The van der Waals surface area contributed by atoms with Gasteiger partial charge in [0.2, 0.25) is 0 Å². The monoisotopic (exact) mass is 200 g/mol. The van der Waals surface area contributed by atoms with Gasteiger partial charge in [0, 0.05) is 35.7 Å². The molecule has 2 aliphatic rings. The van der Waals surface area contributed by atoms with E-state index in [9.17, 15) is 0 Å². The van der Waals surface area contributed by atoms with Gasteiger partial charge in [-0.15, -0.1) is 0 Å². The van der Waals surface area contributed by atoms with Crippen LogP contribution < -0.4 is 5.73 Å². The van der Waals surface area contributed by atoms with Crippen molar-refractivity contribution in [1.29, 1.82) is 0 Å². The second kappa shape index (κ2) is 3.14. The molecule has 0 amide bonds. The van der Waals surface area contributed by atoms with Crippen LogP contribution in [0.15, 0.2) is 0 Å². The number of thioether (sulfide) groups is 1. The molecule has 2 nitrogen and oxygen atoms in total. The molecule has 0 bridgehead atoms. The Bertz CT molecular complexity index is 199. The molecule has 2 N–H and O–H groups in total. The first-order chi connectivity index (χ1) is 6.08. The minimum Gasteiger partial charge on any atom is -0.329 e. The number of nitrogens with two attached hydrogens (primary N) is 1. The Balaban J connectivity index is 2.00. The second-order valence-electron chi connectivity index (χ2n) is 4.96. The molecule has 0 aromatic rings. The molecule has 0 spiro atoms. The third kappa shape index (κ3) is 1.88. The van der Waals surface area contributed by atoms with Crippen molar-refractivity contribution in [3.05, 3.63) is 0 Å². The van der Waals surface area contributed by atoms with Crippen molar-refractivity contribution < 1.29 is 0 Å². The van der Waals surface area contributed by atoms with Crippen LogP contribution in [0.2, 0.25) is 0 Å². The van der Waals surface area contributed by atoms with Gasteiger partial charge in [-0.1, -0.05) is 0 Å². The van der Waals surface area contributed by atoms with Gasteiger partial charge >= 0.3 is 0 Å². The highest BCUT2D eigenvalue weighted by Crippen LogP contribution is 2.44. The van der Waals surface area contributed by atoms with Crippen LogP contribution >= 0.6 is 11.8 Å². The van der Waals surface area contributed by atoms with Crippen LogP contribution in [-0.2, 0) is 0 Å². The van der Waals surface area contributed by atoms with Crippen LogP contribution in [-0.4, -0.2) is 40.6 Å². The Labute approximate surface area is 85.2 Å². The maximum Gasteiger partial charge on any atom is 0.0334 e. The van der Waals surface area contributed by atoms with E-state index in [2.05, 4.69) is 30.5 Å². The molecule has 0 aromatic carbocycles. The Morgan fingerprint density at radius 2 is 2.08 bits per heavy atom. The standard InChI is InChI=1S/C10H20N2S/c1-9(2)8-12(5-6-13-9)10(7-11)3-4-10/h3-8,11H2,1-2H3. The normalized spacial score (nSPS) is 31.6. The minimum atomic E-state index is 0.415. The Hall–Kier alpha value is 0.270. The molecule has 0 aromatic heterocycles. The van der Waals surface area contributed by atoms with E-state index < -0.39 is 0 Å². The third-order valence-corrected chi connectivity index (χ3v) is 4.60. The number of nitrogens with zero attached hydrogens (tertiary/aromatic N) is 1. The summed E-state index contributed by atoms with van der Waals surface area (Å²) in [6.07, 6.45) is 2.65. The lowest BCUT2D eigenvalue weighted by Gasteiger charge is -2.42. The molecule has 2 rings (SSSR count). The van der Waals surface area contributed by atoms with E-state index in [1.807, 2.05) is 0 Å². The van der Waals surface area contributed by atoms with Crippen LogP contribution in [0.25, 0.3) is 0 Å². The van der Waals surface area contributed by atoms with Crippen LogP contribution in [0.3, 0.4) is 0 Å². The zero-order valence-electron chi connectivity index (χ0n) is 8.68. The molecule has 0 atom stereocenters. The molecule has 1 aliphatic heterocycles. The summed E-state index contributed by atoms with van der Waals surface area (Å²) in [5, 5.41) is 0. The molecule has 3 heteroatoms. The highest BCUT2D eigenvalue weighted by molar-refractivity contribution is 8.00. The molecule has 13 heavy (non-hydrogen) atoms. The summed E-state index contributed by atoms with van der Waals surface area (Å²) in [6, 6.07) is 0. The zero-order chi connectivity index (χ0) is 9.53. The number of rotatable bonds is 2. The van der Waals surface area contributed by atoms with E-state index in [1.165, 1.54) is 31.7 Å². The van der Waals surface area contributed by atoms with Crippen LogP contribution in [0.1, 0.15) is 26.7 Å². The fourth-order valence-electron chi connectivity index (χ4n) is 2.22. The molecular formula is C10H20N2S. The predicted octanol–water partition coefficient (Wildman–Crippen LogP) is 1.31. The van der Waals surface area contributed by atoms with Crippen molar-refractivity contribution in [2.45, 2.75) is 37.0 Å². The van der Waals surface area contributed by atoms with Crippen molar-refractivity contribution in [2.24, 2.45) is 5.73 Å². The summed E-state index contributed by atoms with van der Waals surface area (Å²) in [5.74, 6) is 1.27. The lowest BCUT2D eigenvalue weighted by Crippen LogP contribution is -2.52. The summed E-state index contributed by atoms with van der Waals surface area (Å²) in [4.78, 5) is 2.63. The molecule has 2 fully saturated rings. The molecule has 1 saturated heterocycles. The molecule has 1 heterocycles. The quantitative estimate of drug-likeness (QED) is 0.728. The molecule has 0 radical (unpaired) electrons. The van der Waals surface area contributed by atoms with E-state index in [-0.39, 0.29) is 0 Å². The molecule has 76 valence electrons. The number of hydrogen-bond donors (Lipinski definition) is 1.